The molecule has 0 spiro atoms. The van der Waals surface area contributed by atoms with Crippen molar-refractivity contribution < 1.29 is 13.2 Å². The van der Waals surface area contributed by atoms with Crippen LogP contribution >= 0.6 is 11.6 Å². The van der Waals surface area contributed by atoms with Gasteiger partial charge in [-0.3, -0.25) is 4.79 Å². The molecule has 172 valence electrons. The predicted octanol–water partition coefficient (Wildman–Crippen LogP) is 4.62. The van der Waals surface area contributed by atoms with Crippen molar-refractivity contribution in [2.75, 3.05) is 16.5 Å². The molecule has 2 aliphatic heterocycles. The molecule has 2 fully saturated rings. The summed E-state index contributed by atoms with van der Waals surface area (Å²) >= 11 is 6.05. The van der Waals surface area contributed by atoms with Crippen molar-refractivity contribution in [3.05, 3.63) is 65.1 Å². The van der Waals surface area contributed by atoms with Crippen LogP contribution in [0.5, 0.6) is 0 Å². The van der Waals surface area contributed by atoms with E-state index in [1.54, 1.807) is 12.3 Å². The molecule has 0 unspecified atom stereocenters. The molecule has 2 saturated heterocycles. The van der Waals surface area contributed by atoms with Gasteiger partial charge in [0, 0.05) is 40.9 Å². The van der Waals surface area contributed by atoms with E-state index in [1.807, 2.05) is 23.8 Å². The summed E-state index contributed by atoms with van der Waals surface area (Å²) in [5.41, 5.74) is 2.79. The molecule has 1 aromatic carbocycles. The number of aryl methyl sites for hydroxylation is 1. The second-order valence-electron chi connectivity index (χ2n) is 8.89. The number of benzene rings is 1. The minimum absolute atomic E-state index is 0.0507. The Hall–Kier alpha value is -2.84. The van der Waals surface area contributed by atoms with Gasteiger partial charge in [-0.05, 0) is 69.0 Å². The fourth-order valence-electron chi connectivity index (χ4n) is 5.00. The van der Waals surface area contributed by atoms with Crippen LogP contribution in [0.1, 0.15) is 41.7 Å². The van der Waals surface area contributed by atoms with Gasteiger partial charge < -0.3 is 14.8 Å². The third-order valence-corrected chi connectivity index (χ3v) is 7.87. The number of aromatic nitrogens is 2. The summed E-state index contributed by atoms with van der Waals surface area (Å²) in [7, 11) is -3.45. The Bertz CT molecular complexity index is 1310. The van der Waals surface area contributed by atoms with Crippen LogP contribution in [0.2, 0.25) is 5.02 Å². The number of nitrogens with zero attached hydrogens (tertiary/aromatic N) is 3. The molecule has 1 amide bonds. The molecule has 2 bridgehead atoms. The van der Waals surface area contributed by atoms with Crippen LogP contribution in [-0.4, -0.2) is 42.2 Å². The van der Waals surface area contributed by atoms with Gasteiger partial charge in [-0.15, -0.1) is 0 Å². The highest BCUT2D eigenvalue weighted by Crippen LogP contribution is 2.40. The van der Waals surface area contributed by atoms with Crippen LogP contribution in [0, 0.1) is 6.92 Å². The Morgan fingerprint density at radius 2 is 1.79 bits per heavy atom. The standard InChI is InChI=1S/C24H25ClN4O3S/c1-15-9-16(24(30)27-18-10-17(25)11-22(12-18)33(2,31)32)14-28(15)23-8-7-21(13-26-23)29-19-3-4-20(29)6-5-19/h7-14,19-20H,3-6H2,1-2H3,(H,27,30). The summed E-state index contributed by atoms with van der Waals surface area (Å²) in [5.74, 6) is 0.382. The van der Waals surface area contributed by atoms with Crippen molar-refractivity contribution >= 4 is 38.7 Å². The zero-order valence-electron chi connectivity index (χ0n) is 18.5. The Balaban J connectivity index is 1.36. The number of hydrogen-bond acceptors (Lipinski definition) is 5. The first-order valence-electron chi connectivity index (χ1n) is 10.9. The molecule has 0 radical (unpaired) electrons. The Labute approximate surface area is 198 Å². The summed E-state index contributed by atoms with van der Waals surface area (Å²) in [5, 5.41) is 2.97. The number of anilines is 2. The summed E-state index contributed by atoms with van der Waals surface area (Å²) in [6.45, 7) is 1.91. The van der Waals surface area contributed by atoms with Crippen molar-refractivity contribution in [2.45, 2.75) is 49.6 Å². The van der Waals surface area contributed by atoms with Crippen LogP contribution in [0.3, 0.4) is 0 Å². The first-order chi connectivity index (χ1) is 15.7. The van der Waals surface area contributed by atoms with Crippen LogP contribution in [-0.2, 0) is 9.84 Å². The molecule has 33 heavy (non-hydrogen) atoms. The van der Waals surface area contributed by atoms with E-state index in [0.29, 0.717) is 23.3 Å². The first kappa shape index (κ1) is 22.0. The smallest absolute Gasteiger partial charge is 0.257 e. The minimum Gasteiger partial charge on any atom is -0.364 e. The minimum atomic E-state index is -3.45. The number of carbonyl (C=O) groups excluding carboxylic acids is 1. The summed E-state index contributed by atoms with van der Waals surface area (Å²) in [6, 6.07) is 11.4. The van der Waals surface area contributed by atoms with Crippen molar-refractivity contribution in [3.63, 3.8) is 0 Å². The average Bonchev–Trinajstić information content (AvgIpc) is 3.47. The van der Waals surface area contributed by atoms with E-state index in [1.165, 1.54) is 43.9 Å². The summed E-state index contributed by atoms with van der Waals surface area (Å²) in [4.78, 5) is 20.1. The van der Waals surface area contributed by atoms with Crippen LogP contribution in [0.15, 0.2) is 53.7 Å². The van der Waals surface area contributed by atoms with E-state index in [4.69, 9.17) is 11.6 Å². The molecule has 0 aliphatic carbocycles. The number of fused-ring (bicyclic) bond motifs is 2. The number of halogens is 1. The van der Waals surface area contributed by atoms with Gasteiger partial charge in [-0.1, -0.05) is 11.6 Å². The normalized spacial score (nSPS) is 19.8. The number of amides is 1. The van der Waals surface area contributed by atoms with Crippen LogP contribution < -0.4 is 10.2 Å². The SMILES string of the molecule is Cc1cc(C(=O)Nc2cc(Cl)cc(S(C)(=O)=O)c2)cn1-c1ccc(N2C3CCC2CC3)cn1. The van der Waals surface area contributed by atoms with E-state index < -0.39 is 9.84 Å². The topological polar surface area (TPSA) is 84.3 Å². The molecule has 5 rings (SSSR count). The number of pyridine rings is 1. The van der Waals surface area contributed by atoms with E-state index in [9.17, 15) is 13.2 Å². The lowest BCUT2D eigenvalue weighted by atomic mass is 10.0. The zero-order valence-corrected chi connectivity index (χ0v) is 20.0. The number of sulfone groups is 1. The highest BCUT2D eigenvalue weighted by Gasteiger charge is 2.39. The largest absolute Gasteiger partial charge is 0.364 e. The van der Waals surface area contributed by atoms with E-state index in [-0.39, 0.29) is 15.8 Å². The molecule has 0 atom stereocenters. The zero-order chi connectivity index (χ0) is 23.3. The number of rotatable bonds is 5. The van der Waals surface area contributed by atoms with Crippen LogP contribution in [0.25, 0.3) is 5.82 Å². The molecule has 7 nitrogen and oxygen atoms in total. The molecule has 3 aromatic rings. The maximum atomic E-state index is 12.8. The van der Waals surface area contributed by atoms with Gasteiger partial charge >= 0.3 is 0 Å². The molecule has 4 heterocycles. The second kappa shape index (κ2) is 8.18. The molecule has 2 aliphatic rings. The van der Waals surface area contributed by atoms with E-state index in [0.717, 1.165) is 23.5 Å². The van der Waals surface area contributed by atoms with Crippen LogP contribution in [0.4, 0.5) is 11.4 Å². The highest BCUT2D eigenvalue weighted by molar-refractivity contribution is 7.90. The first-order valence-corrected chi connectivity index (χ1v) is 13.2. The third kappa shape index (κ3) is 4.25. The van der Waals surface area contributed by atoms with Crippen molar-refractivity contribution in [2.24, 2.45) is 0 Å². The van der Waals surface area contributed by atoms with Crippen molar-refractivity contribution in [1.82, 2.24) is 9.55 Å². The fraction of sp³-hybridized carbons (Fsp3) is 0.333. The highest BCUT2D eigenvalue weighted by atomic mass is 35.5. The quantitative estimate of drug-likeness (QED) is 0.571. The average molecular weight is 485 g/mol. The molecule has 9 heteroatoms. The second-order valence-corrected chi connectivity index (χ2v) is 11.3. The molecule has 0 saturated carbocycles. The van der Waals surface area contributed by atoms with Gasteiger partial charge in [0.15, 0.2) is 9.84 Å². The number of carbonyl (C=O) groups is 1. The maximum absolute atomic E-state index is 12.8. The molecular formula is C24H25ClN4O3S. The lowest BCUT2D eigenvalue weighted by molar-refractivity contribution is 0.102. The van der Waals surface area contributed by atoms with E-state index >= 15 is 0 Å². The number of nitrogens with one attached hydrogen (secondary N) is 1. The Kier molecular flexibility index (Phi) is 5.45. The summed E-state index contributed by atoms with van der Waals surface area (Å²) in [6.07, 6.45) is 9.80. The maximum Gasteiger partial charge on any atom is 0.257 e. The van der Waals surface area contributed by atoms with Gasteiger partial charge in [0.05, 0.1) is 22.3 Å². The van der Waals surface area contributed by atoms with Gasteiger partial charge in [0.2, 0.25) is 0 Å². The van der Waals surface area contributed by atoms with Gasteiger partial charge in [-0.2, -0.15) is 0 Å². The predicted molar refractivity (Wildman–Crippen MR) is 129 cm³/mol. The van der Waals surface area contributed by atoms with E-state index in [2.05, 4.69) is 21.3 Å². The monoisotopic (exact) mass is 484 g/mol. The Morgan fingerprint density at radius 3 is 2.39 bits per heavy atom. The Morgan fingerprint density at radius 1 is 1.09 bits per heavy atom. The number of hydrogen-bond donors (Lipinski definition) is 1. The third-order valence-electron chi connectivity index (χ3n) is 6.56. The van der Waals surface area contributed by atoms with Gasteiger partial charge in [0.25, 0.3) is 5.91 Å². The molecule has 1 N–H and O–H groups in total. The lowest BCUT2D eigenvalue weighted by Gasteiger charge is -2.24. The fourth-order valence-corrected chi connectivity index (χ4v) is 5.99. The lowest BCUT2D eigenvalue weighted by Crippen LogP contribution is -2.28. The van der Waals surface area contributed by atoms with Crippen molar-refractivity contribution in [3.8, 4) is 5.82 Å². The molecule has 2 aromatic heterocycles. The molecular weight excluding hydrogens is 460 g/mol. The summed E-state index contributed by atoms with van der Waals surface area (Å²) < 4.78 is 25.6. The van der Waals surface area contributed by atoms with Gasteiger partial charge in [0.1, 0.15) is 5.82 Å². The van der Waals surface area contributed by atoms with Gasteiger partial charge in [-0.25, -0.2) is 13.4 Å². The van der Waals surface area contributed by atoms with Crippen molar-refractivity contribution in [1.29, 1.82) is 0 Å².